The van der Waals surface area contributed by atoms with E-state index in [2.05, 4.69) is 44.1 Å². The standard InChI is InChI=1S/C13H17Br2NO2/c1-3-9(14)6-7-16-13(17)11-8-10(18-2)4-5-12(11)15/h4-5,8-9H,3,6-7H2,1-2H3,(H,16,17). The number of carbonyl (C=O) groups excluding carboxylic acids is 1. The van der Waals surface area contributed by atoms with E-state index in [1.807, 2.05) is 12.1 Å². The second-order valence-corrected chi connectivity index (χ2v) is 6.05. The van der Waals surface area contributed by atoms with Crippen LogP contribution < -0.4 is 10.1 Å². The van der Waals surface area contributed by atoms with Crippen molar-refractivity contribution in [3.63, 3.8) is 0 Å². The highest BCUT2D eigenvalue weighted by Gasteiger charge is 2.11. The van der Waals surface area contributed by atoms with E-state index in [0.29, 0.717) is 22.7 Å². The first-order chi connectivity index (χ1) is 8.58. The number of ether oxygens (including phenoxy) is 1. The minimum Gasteiger partial charge on any atom is -0.497 e. The van der Waals surface area contributed by atoms with Gasteiger partial charge in [-0.05, 0) is 47.0 Å². The Labute approximate surface area is 125 Å². The van der Waals surface area contributed by atoms with E-state index in [4.69, 9.17) is 4.74 Å². The second kappa shape index (κ2) is 7.79. The number of hydrogen-bond donors (Lipinski definition) is 1. The van der Waals surface area contributed by atoms with E-state index in [0.717, 1.165) is 17.3 Å². The predicted molar refractivity (Wildman–Crippen MR) is 80.7 cm³/mol. The van der Waals surface area contributed by atoms with Gasteiger partial charge in [0.2, 0.25) is 0 Å². The Morgan fingerprint density at radius 1 is 1.50 bits per heavy atom. The summed E-state index contributed by atoms with van der Waals surface area (Å²) in [5, 5.41) is 2.90. The third kappa shape index (κ3) is 4.61. The zero-order chi connectivity index (χ0) is 13.5. The molecule has 0 fully saturated rings. The Morgan fingerprint density at radius 3 is 2.83 bits per heavy atom. The number of benzene rings is 1. The third-order valence-corrected chi connectivity index (χ3v) is 4.40. The molecule has 100 valence electrons. The first-order valence-electron chi connectivity index (χ1n) is 5.84. The summed E-state index contributed by atoms with van der Waals surface area (Å²) >= 11 is 6.91. The van der Waals surface area contributed by atoms with Gasteiger partial charge in [0.15, 0.2) is 0 Å². The molecule has 0 aliphatic carbocycles. The van der Waals surface area contributed by atoms with Gasteiger partial charge in [-0.15, -0.1) is 0 Å². The summed E-state index contributed by atoms with van der Waals surface area (Å²) in [6, 6.07) is 5.35. The molecule has 0 aliphatic rings. The van der Waals surface area contributed by atoms with E-state index < -0.39 is 0 Å². The lowest BCUT2D eigenvalue weighted by molar-refractivity contribution is 0.0952. The number of rotatable bonds is 6. The molecule has 0 aromatic heterocycles. The molecular formula is C13H17Br2NO2. The van der Waals surface area contributed by atoms with Gasteiger partial charge in [0.25, 0.3) is 5.91 Å². The molecule has 1 atom stereocenters. The lowest BCUT2D eigenvalue weighted by Gasteiger charge is -2.10. The van der Waals surface area contributed by atoms with Gasteiger partial charge in [-0.1, -0.05) is 22.9 Å². The lowest BCUT2D eigenvalue weighted by Crippen LogP contribution is -2.26. The number of methoxy groups -OCH3 is 1. The van der Waals surface area contributed by atoms with Crippen LogP contribution in [0.15, 0.2) is 22.7 Å². The number of amides is 1. The van der Waals surface area contributed by atoms with Gasteiger partial charge in [-0.2, -0.15) is 0 Å². The zero-order valence-corrected chi connectivity index (χ0v) is 13.7. The number of nitrogens with one attached hydrogen (secondary N) is 1. The monoisotopic (exact) mass is 377 g/mol. The van der Waals surface area contributed by atoms with Crippen molar-refractivity contribution in [3.05, 3.63) is 28.2 Å². The normalized spacial score (nSPS) is 12.0. The van der Waals surface area contributed by atoms with Crippen LogP contribution in [0.5, 0.6) is 5.75 Å². The Kier molecular flexibility index (Phi) is 6.71. The van der Waals surface area contributed by atoms with E-state index >= 15 is 0 Å². The molecule has 0 bridgehead atoms. The topological polar surface area (TPSA) is 38.3 Å². The fourth-order valence-corrected chi connectivity index (χ4v) is 2.10. The number of alkyl halides is 1. The van der Waals surface area contributed by atoms with Crippen LogP contribution >= 0.6 is 31.9 Å². The fraction of sp³-hybridized carbons (Fsp3) is 0.462. The fourth-order valence-electron chi connectivity index (χ4n) is 1.45. The average molecular weight is 379 g/mol. The van der Waals surface area contributed by atoms with Crippen LogP contribution in [0.3, 0.4) is 0 Å². The van der Waals surface area contributed by atoms with Crippen molar-refractivity contribution >= 4 is 37.8 Å². The smallest absolute Gasteiger partial charge is 0.252 e. The van der Waals surface area contributed by atoms with Gasteiger partial charge in [-0.25, -0.2) is 0 Å². The molecule has 1 rings (SSSR count). The molecule has 5 heteroatoms. The van der Waals surface area contributed by atoms with E-state index in [1.54, 1.807) is 13.2 Å². The molecule has 3 nitrogen and oxygen atoms in total. The number of carbonyl (C=O) groups is 1. The van der Waals surface area contributed by atoms with Crippen molar-refractivity contribution in [2.45, 2.75) is 24.6 Å². The summed E-state index contributed by atoms with van der Waals surface area (Å²) < 4.78 is 5.88. The molecule has 1 aromatic rings. The van der Waals surface area contributed by atoms with E-state index in [-0.39, 0.29) is 5.91 Å². The summed E-state index contributed by atoms with van der Waals surface area (Å²) in [7, 11) is 1.58. The van der Waals surface area contributed by atoms with E-state index in [1.165, 1.54) is 0 Å². The highest BCUT2D eigenvalue weighted by Crippen LogP contribution is 2.22. The molecule has 1 aromatic carbocycles. The highest BCUT2D eigenvalue weighted by molar-refractivity contribution is 9.10. The molecule has 0 saturated carbocycles. The molecule has 1 N–H and O–H groups in total. The highest BCUT2D eigenvalue weighted by atomic mass is 79.9. The average Bonchev–Trinajstić information content (AvgIpc) is 2.38. The van der Waals surface area contributed by atoms with Gasteiger partial charge in [0, 0.05) is 15.8 Å². The quantitative estimate of drug-likeness (QED) is 0.765. The maximum Gasteiger partial charge on any atom is 0.252 e. The first-order valence-corrected chi connectivity index (χ1v) is 7.55. The number of hydrogen-bond acceptors (Lipinski definition) is 2. The lowest BCUT2D eigenvalue weighted by atomic mass is 10.2. The minimum atomic E-state index is -0.0865. The van der Waals surface area contributed by atoms with Crippen molar-refractivity contribution in [2.75, 3.05) is 13.7 Å². The molecule has 0 spiro atoms. The second-order valence-electron chi connectivity index (χ2n) is 3.90. The van der Waals surface area contributed by atoms with Gasteiger partial charge in [-0.3, -0.25) is 4.79 Å². The summed E-state index contributed by atoms with van der Waals surface area (Å²) in [4.78, 5) is 12.4. The Hall–Kier alpha value is -0.550. The van der Waals surface area contributed by atoms with Gasteiger partial charge >= 0.3 is 0 Å². The summed E-state index contributed by atoms with van der Waals surface area (Å²) in [6.45, 7) is 2.77. The molecule has 18 heavy (non-hydrogen) atoms. The molecule has 0 heterocycles. The maximum absolute atomic E-state index is 12.0. The summed E-state index contributed by atoms with van der Waals surface area (Å²) in [5.74, 6) is 0.590. The Balaban J connectivity index is 2.61. The molecule has 1 amide bonds. The Morgan fingerprint density at radius 2 is 2.22 bits per heavy atom. The first kappa shape index (κ1) is 15.5. The van der Waals surface area contributed by atoms with Crippen LogP contribution in [0.25, 0.3) is 0 Å². The van der Waals surface area contributed by atoms with Gasteiger partial charge < -0.3 is 10.1 Å². The van der Waals surface area contributed by atoms with Crippen molar-refractivity contribution in [3.8, 4) is 5.75 Å². The van der Waals surface area contributed by atoms with Crippen LogP contribution in [0.1, 0.15) is 30.1 Å². The van der Waals surface area contributed by atoms with E-state index in [9.17, 15) is 4.79 Å². The molecule has 0 saturated heterocycles. The predicted octanol–water partition coefficient (Wildman–Crippen LogP) is 3.75. The van der Waals surface area contributed by atoms with Gasteiger partial charge in [0.1, 0.15) is 5.75 Å². The molecule has 1 unspecified atom stereocenters. The van der Waals surface area contributed by atoms with Crippen molar-refractivity contribution in [1.82, 2.24) is 5.32 Å². The van der Waals surface area contributed by atoms with Crippen LogP contribution in [0.2, 0.25) is 0 Å². The SMILES string of the molecule is CCC(Br)CCNC(=O)c1cc(OC)ccc1Br. The Bertz CT molecular complexity index is 410. The van der Waals surface area contributed by atoms with Crippen LogP contribution in [0, 0.1) is 0 Å². The third-order valence-electron chi connectivity index (χ3n) is 2.60. The van der Waals surface area contributed by atoms with Crippen LogP contribution in [-0.2, 0) is 0 Å². The molecule has 0 aliphatic heterocycles. The van der Waals surface area contributed by atoms with Crippen LogP contribution in [-0.4, -0.2) is 24.4 Å². The van der Waals surface area contributed by atoms with Crippen molar-refractivity contribution in [1.29, 1.82) is 0 Å². The summed E-state index contributed by atoms with van der Waals surface area (Å²) in [5.41, 5.74) is 0.594. The zero-order valence-electron chi connectivity index (χ0n) is 10.5. The van der Waals surface area contributed by atoms with Crippen molar-refractivity contribution < 1.29 is 9.53 Å². The minimum absolute atomic E-state index is 0.0865. The summed E-state index contributed by atoms with van der Waals surface area (Å²) in [6.07, 6.45) is 1.97. The number of halogens is 2. The molecular weight excluding hydrogens is 362 g/mol. The maximum atomic E-state index is 12.0. The molecule has 0 radical (unpaired) electrons. The van der Waals surface area contributed by atoms with Crippen LogP contribution in [0.4, 0.5) is 0 Å². The van der Waals surface area contributed by atoms with Crippen molar-refractivity contribution in [2.24, 2.45) is 0 Å². The van der Waals surface area contributed by atoms with Gasteiger partial charge in [0.05, 0.1) is 12.7 Å². The largest absolute Gasteiger partial charge is 0.497 e.